The SMILES string of the molecule is C#C[C@@H](O)[C@H]1O[C@@H](n2cnc3c(N)ncnc32)[C@@H]2OC(C)(C)O[C@@H]21. The van der Waals surface area contributed by atoms with Gasteiger partial charge < -0.3 is 25.1 Å². The maximum Gasteiger partial charge on any atom is 0.167 e. The molecular weight excluding hydrogens is 314 g/mol. The minimum absolute atomic E-state index is 0.275. The molecule has 0 radical (unpaired) electrons. The highest BCUT2D eigenvalue weighted by molar-refractivity contribution is 5.81. The van der Waals surface area contributed by atoms with E-state index in [0.29, 0.717) is 11.2 Å². The van der Waals surface area contributed by atoms with E-state index < -0.39 is 36.4 Å². The largest absolute Gasteiger partial charge is 0.382 e. The van der Waals surface area contributed by atoms with Gasteiger partial charge in [0.2, 0.25) is 0 Å². The van der Waals surface area contributed by atoms with E-state index in [1.807, 2.05) is 0 Å². The van der Waals surface area contributed by atoms with Gasteiger partial charge in [0, 0.05) is 0 Å². The number of nitrogens with zero attached hydrogens (tertiary/aromatic N) is 4. The quantitative estimate of drug-likeness (QED) is 0.728. The van der Waals surface area contributed by atoms with Crippen LogP contribution in [0.4, 0.5) is 5.82 Å². The normalized spacial score (nSPS) is 32.6. The van der Waals surface area contributed by atoms with Crippen LogP contribution >= 0.6 is 0 Å². The molecular formula is C15H17N5O4. The molecule has 2 aliphatic heterocycles. The summed E-state index contributed by atoms with van der Waals surface area (Å²) in [5, 5.41) is 10.1. The zero-order valence-corrected chi connectivity index (χ0v) is 13.2. The molecule has 4 heterocycles. The van der Waals surface area contributed by atoms with Gasteiger partial charge >= 0.3 is 0 Å². The minimum atomic E-state index is -1.12. The van der Waals surface area contributed by atoms with Gasteiger partial charge in [-0.2, -0.15) is 0 Å². The summed E-state index contributed by atoms with van der Waals surface area (Å²) >= 11 is 0. The predicted molar refractivity (Wildman–Crippen MR) is 82.3 cm³/mol. The summed E-state index contributed by atoms with van der Waals surface area (Å²) in [4.78, 5) is 12.4. The van der Waals surface area contributed by atoms with Gasteiger partial charge in [-0.05, 0) is 13.8 Å². The van der Waals surface area contributed by atoms with Crippen LogP contribution in [0.25, 0.3) is 11.2 Å². The number of aliphatic hydroxyl groups is 1. The Bertz CT molecular complexity index is 829. The summed E-state index contributed by atoms with van der Waals surface area (Å²) in [6.07, 6.45) is 4.83. The number of nitrogens with two attached hydrogens (primary N) is 1. The second-order valence-corrected chi connectivity index (χ2v) is 6.25. The molecule has 0 spiro atoms. The van der Waals surface area contributed by atoms with Crippen molar-refractivity contribution >= 4 is 17.0 Å². The number of rotatable bonds is 2. The highest BCUT2D eigenvalue weighted by Gasteiger charge is 2.57. The van der Waals surface area contributed by atoms with Crippen LogP contribution in [-0.4, -0.2) is 54.8 Å². The Labute approximate surface area is 137 Å². The molecule has 0 unspecified atom stereocenters. The van der Waals surface area contributed by atoms with Gasteiger partial charge in [-0.15, -0.1) is 6.42 Å². The summed E-state index contributed by atoms with van der Waals surface area (Å²) in [5.41, 5.74) is 6.80. The van der Waals surface area contributed by atoms with Crippen LogP contribution in [0.15, 0.2) is 12.7 Å². The lowest BCUT2D eigenvalue weighted by Gasteiger charge is -2.25. The van der Waals surface area contributed by atoms with E-state index in [2.05, 4.69) is 20.9 Å². The van der Waals surface area contributed by atoms with Gasteiger partial charge in [0.25, 0.3) is 0 Å². The highest BCUT2D eigenvalue weighted by Crippen LogP contribution is 2.44. The number of aromatic nitrogens is 4. The van der Waals surface area contributed by atoms with Crippen molar-refractivity contribution in [1.82, 2.24) is 19.5 Å². The smallest absolute Gasteiger partial charge is 0.167 e. The molecule has 126 valence electrons. The van der Waals surface area contributed by atoms with Crippen molar-refractivity contribution in [2.24, 2.45) is 0 Å². The Morgan fingerprint density at radius 1 is 1.33 bits per heavy atom. The molecule has 9 nitrogen and oxygen atoms in total. The topological polar surface area (TPSA) is 118 Å². The molecule has 3 N–H and O–H groups in total. The maximum atomic E-state index is 10.1. The van der Waals surface area contributed by atoms with Crippen LogP contribution in [0.2, 0.25) is 0 Å². The molecule has 0 aliphatic carbocycles. The van der Waals surface area contributed by atoms with Gasteiger partial charge in [0.05, 0.1) is 6.33 Å². The number of fused-ring (bicyclic) bond motifs is 2. The molecule has 5 atom stereocenters. The summed E-state index contributed by atoms with van der Waals surface area (Å²) in [5.74, 6) is 1.75. The van der Waals surface area contributed by atoms with Crippen LogP contribution in [-0.2, 0) is 14.2 Å². The van der Waals surface area contributed by atoms with E-state index in [-0.39, 0.29) is 5.82 Å². The number of imidazole rings is 1. The van der Waals surface area contributed by atoms with Crippen LogP contribution < -0.4 is 5.73 Å². The Morgan fingerprint density at radius 3 is 2.83 bits per heavy atom. The lowest BCUT2D eigenvalue weighted by molar-refractivity contribution is -0.203. The third-order valence-corrected chi connectivity index (χ3v) is 4.21. The summed E-state index contributed by atoms with van der Waals surface area (Å²) in [7, 11) is 0. The van der Waals surface area contributed by atoms with Gasteiger partial charge in [0.15, 0.2) is 23.5 Å². The fraction of sp³-hybridized carbons (Fsp3) is 0.533. The van der Waals surface area contributed by atoms with Crippen LogP contribution in [0.5, 0.6) is 0 Å². The third kappa shape index (κ3) is 2.16. The first kappa shape index (κ1) is 15.3. The molecule has 9 heteroatoms. The zero-order chi connectivity index (χ0) is 17.1. The lowest BCUT2D eigenvalue weighted by Crippen LogP contribution is -2.37. The van der Waals surface area contributed by atoms with Crippen LogP contribution in [0.1, 0.15) is 20.1 Å². The predicted octanol–water partition coefficient (Wildman–Crippen LogP) is -0.180. The van der Waals surface area contributed by atoms with E-state index in [4.69, 9.17) is 26.4 Å². The average Bonchev–Trinajstić information content (AvgIpc) is 3.18. The Balaban J connectivity index is 1.77. The fourth-order valence-electron chi connectivity index (χ4n) is 3.24. The van der Waals surface area contributed by atoms with E-state index in [9.17, 15) is 5.11 Å². The average molecular weight is 331 g/mol. The Hall–Kier alpha value is -2.25. The summed E-state index contributed by atoms with van der Waals surface area (Å²) < 4.78 is 19.5. The lowest BCUT2D eigenvalue weighted by atomic mass is 10.1. The second-order valence-electron chi connectivity index (χ2n) is 6.25. The van der Waals surface area contributed by atoms with E-state index >= 15 is 0 Å². The molecule has 0 aromatic carbocycles. The van der Waals surface area contributed by atoms with Gasteiger partial charge in [-0.3, -0.25) is 4.57 Å². The molecule has 2 fully saturated rings. The summed E-state index contributed by atoms with van der Waals surface area (Å²) in [6, 6.07) is 0. The molecule has 0 bridgehead atoms. The van der Waals surface area contributed by atoms with Crippen molar-refractivity contribution in [3.8, 4) is 12.3 Å². The van der Waals surface area contributed by atoms with Crippen LogP contribution in [0.3, 0.4) is 0 Å². The number of nitrogen functional groups attached to an aromatic ring is 1. The number of terminal acetylenes is 1. The molecule has 2 aliphatic rings. The highest BCUT2D eigenvalue weighted by atomic mass is 16.8. The number of ether oxygens (including phenoxy) is 3. The Kier molecular flexibility index (Phi) is 3.26. The molecule has 2 aromatic heterocycles. The van der Waals surface area contributed by atoms with Crippen molar-refractivity contribution in [2.75, 3.05) is 5.73 Å². The van der Waals surface area contributed by atoms with E-state index in [0.717, 1.165) is 0 Å². The number of anilines is 1. The van der Waals surface area contributed by atoms with E-state index in [1.54, 1.807) is 24.7 Å². The second kappa shape index (κ2) is 5.12. The van der Waals surface area contributed by atoms with Gasteiger partial charge in [-0.25, -0.2) is 15.0 Å². The Morgan fingerprint density at radius 2 is 2.08 bits per heavy atom. The first-order valence-corrected chi connectivity index (χ1v) is 7.49. The molecule has 4 rings (SSSR count). The minimum Gasteiger partial charge on any atom is -0.382 e. The number of hydrogen-bond acceptors (Lipinski definition) is 8. The number of aliphatic hydroxyl groups excluding tert-OH is 1. The molecule has 2 aromatic rings. The summed E-state index contributed by atoms with van der Waals surface area (Å²) in [6.45, 7) is 3.60. The van der Waals surface area contributed by atoms with Crippen molar-refractivity contribution in [2.45, 2.75) is 50.3 Å². The van der Waals surface area contributed by atoms with Gasteiger partial charge in [0.1, 0.15) is 36.3 Å². The van der Waals surface area contributed by atoms with E-state index in [1.165, 1.54) is 6.33 Å². The third-order valence-electron chi connectivity index (χ3n) is 4.21. The van der Waals surface area contributed by atoms with Gasteiger partial charge in [-0.1, -0.05) is 5.92 Å². The molecule has 2 saturated heterocycles. The van der Waals surface area contributed by atoms with Crippen LogP contribution in [0, 0.1) is 12.3 Å². The monoisotopic (exact) mass is 331 g/mol. The molecule has 0 amide bonds. The molecule has 24 heavy (non-hydrogen) atoms. The first-order chi connectivity index (χ1) is 11.4. The fourth-order valence-corrected chi connectivity index (χ4v) is 3.24. The maximum absolute atomic E-state index is 10.1. The molecule has 0 saturated carbocycles. The first-order valence-electron chi connectivity index (χ1n) is 7.49. The zero-order valence-electron chi connectivity index (χ0n) is 13.2. The van der Waals surface area contributed by atoms with Crippen molar-refractivity contribution in [1.29, 1.82) is 0 Å². The van der Waals surface area contributed by atoms with Crippen molar-refractivity contribution in [3.63, 3.8) is 0 Å². The standard InChI is InChI=1S/C15H17N5O4/c1-4-7(21)9-10-11(24-15(2,3)23-10)14(22-9)20-6-19-8-12(16)17-5-18-13(8)20/h1,5-7,9-11,14,21H,2-3H3,(H2,16,17,18)/t7-,9-,10-,11-,14-/m1/s1. The van der Waals surface area contributed by atoms with Crippen molar-refractivity contribution < 1.29 is 19.3 Å². The number of hydrogen-bond donors (Lipinski definition) is 2. The van der Waals surface area contributed by atoms with Crippen molar-refractivity contribution in [3.05, 3.63) is 12.7 Å².